The third-order valence-electron chi connectivity index (χ3n) is 3.46. The molecule has 0 radical (unpaired) electrons. The molecule has 108 valence electrons. The van der Waals surface area contributed by atoms with Gasteiger partial charge in [-0.2, -0.15) is 11.8 Å². The lowest BCUT2D eigenvalue weighted by molar-refractivity contribution is 0.283. The lowest BCUT2D eigenvalue weighted by Crippen LogP contribution is -2.34. The molecule has 0 spiro atoms. The van der Waals surface area contributed by atoms with E-state index in [0.29, 0.717) is 4.75 Å². The molecule has 1 N–H and O–H groups in total. The topological polar surface area (TPSA) is 15.3 Å². The molecule has 19 heavy (non-hydrogen) atoms. The van der Waals surface area contributed by atoms with Gasteiger partial charge in [0.05, 0.1) is 4.34 Å². The molecule has 0 aliphatic carbocycles. The summed E-state index contributed by atoms with van der Waals surface area (Å²) in [6, 6.07) is 4.07. The molecule has 0 unspecified atom stereocenters. The quantitative estimate of drug-likeness (QED) is 0.833. The maximum Gasteiger partial charge on any atom is 0.0931 e. The molecule has 2 rings (SSSR count). The third kappa shape index (κ3) is 5.64. The number of thiophene rings is 1. The van der Waals surface area contributed by atoms with Crippen molar-refractivity contribution >= 4 is 34.7 Å². The van der Waals surface area contributed by atoms with Gasteiger partial charge in [0.1, 0.15) is 0 Å². The van der Waals surface area contributed by atoms with Gasteiger partial charge in [-0.15, -0.1) is 11.3 Å². The van der Waals surface area contributed by atoms with E-state index in [4.69, 9.17) is 11.6 Å². The molecule has 1 fully saturated rings. The van der Waals surface area contributed by atoms with Gasteiger partial charge in [-0.25, -0.2) is 0 Å². The van der Waals surface area contributed by atoms with Crippen LogP contribution in [0.3, 0.4) is 0 Å². The fourth-order valence-electron chi connectivity index (χ4n) is 2.18. The van der Waals surface area contributed by atoms with Crippen molar-refractivity contribution in [2.75, 3.05) is 31.9 Å². The van der Waals surface area contributed by atoms with Gasteiger partial charge < -0.3 is 10.2 Å². The Bertz CT molecular complexity index is 393. The predicted molar refractivity (Wildman–Crippen MR) is 88.6 cm³/mol. The predicted octanol–water partition coefficient (Wildman–Crippen LogP) is 3.71. The average molecular weight is 319 g/mol. The van der Waals surface area contributed by atoms with Crippen LogP contribution < -0.4 is 5.32 Å². The highest BCUT2D eigenvalue weighted by Gasteiger charge is 2.23. The van der Waals surface area contributed by atoms with Gasteiger partial charge in [0, 0.05) is 41.6 Å². The zero-order valence-electron chi connectivity index (χ0n) is 11.7. The number of halogens is 1. The summed E-state index contributed by atoms with van der Waals surface area (Å²) in [5.74, 6) is 1.26. The molecule has 1 aliphatic rings. The lowest BCUT2D eigenvalue weighted by atomic mass is 10.1. The maximum atomic E-state index is 5.92. The van der Waals surface area contributed by atoms with Crippen LogP contribution in [0.4, 0.5) is 0 Å². The molecule has 0 amide bonds. The summed E-state index contributed by atoms with van der Waals surface area (Å²) in [7, 11) is 0. The summed E-state index contributed by atoms with van der Waals surface area (Å²) < 4.78 is 1.33. The maximum absolute atomic E-state index is 5.92. The number of rotatable bonds is 5. The van der Waals surface area contributed by atoms with Crippen LogP contribution in [0.25, 0.3) is 0 Å². The van der Waals surface area contributed by atoms with Crippen molar-refractivity contribution in [3.63, 3.8) is 0 Å². The Labute approximate surface area is 129 Å². The minimum absolute atomic E-state index is 0.454. The van der Waals surface area contributed by atoms with Crippen LogP contribution in [-0.2, 0) is 6.54 Å². The zero-order valence-corrected chi connectivity index (χ0v) is 14.1. The molecule has 0 atom stereocenters. The summed E-state index contributed by atoms with van der Waals surface area (Å²) in [5, 5.41) is 3.51. The molecule has 5 heteroatoms. The van der Waals surface area contributed by atoms with Crippen molar-refractivity contribution in [2.24, 2.45) is 0 Å². The van der Waals surface area contributed by atoms with Gasteiger partial charge in [0.2, 0.25) is 0 Å². The zero-order chi connectivity index (χ0) is 13.7. The Hall–Kier alpha value is 0.260. The van der Waals surface area contributed by atoms with Gasteiger partial charge in [0.15, 0.2) is 0 Å². The van der Waals surface area contributed by atoms with Crippen LogP contribution in [0.15, 0.2) is 12.1 Å². The number of thioether (sulfide) groups is 1. The molecule has 0 aromatic carbocycles. The fraction of sp³-hybridized carbons (Fsp3) is 0.714. The normalized spacial score (nSPS) is 20.4. The Morgan fingerprint density at radius 1 is 1.37 bits per heavy atom. The third-order valence-corrected chi connectivity index (χ3v) is 6.07. The second-order valence-corrected chi connectivity index (χ2v) is 9.18. The van der Waals surface area contributed by atoms with E-state index in [9.17, 15) is 0 Å². The van der Waals surface area contributed by atoms with Crippen molar-refractivity contribution in [2.45, 2.75) is 31.6 Å². The Balaban J connectivity index is 1.63. The second-order valence-electron chi connectivity index (χ2n) is 5.58. The number of nitrogens with one attached hydrogen (secondary N) is 1. The van der Waals surface area contributed by atoms with Crippen molar-refractivity contribution in [1.29, 1.82) is 0 Å². The number of hydrogen-bond donors (Lipinski definition) is 1. The van der Waals surface area contributed by atoms with Crippen LogP contribution in [0, 0.1) is 0 Å². The molecule has 2 nitrogen and oxygen atoms in total. The van der Waals surface area contributed by atoms with Crippen LogP contribution in [0.1, 0.15) is 25.1 Å². The van der Waals surface area contributed by atoms with E-state index in [1.54, 1.807) is 11.3 Å². The van der Waals surface area contributed by atoms with Crippen LogP contribution >= 0.6 is 34.7 Å². The van der Waals surface area contributed by atoms with E-state index in [-0.39, 0.29) is 0 Å². The molecule has 1 aliphatic heterocycles. The highest BCUT2D eigenvalue weighted by molar-refractivity contribution is 8.00. The lowest BCUT2D eigenvalue weighted by Gasteiger charge is -2.22. The number of nitrogens with zero attached hydrogens (tertiary/aromatic N) is 1. The molecular weight excluding hydrogens is 296 g/mol. The average Bonchev–Trinajstić information content (AvgIpc) is 2.68. The SMILES string of the molecule is CC1(C)CCN(CCNCc2ccc(Cl)s2)CCS1. The highest BCUT2D eigenvalue weighted by atomic mass is 35.5. The fourth-order valence-corrected chi connectivity index (χ4v) is 4.38. The van der Waals surface area contributed by atoms with E-state index < -0.39 is 0 Å². The molecule has 2 heterocycles. The molecule has 0 saturated carbocycles. The first kappa shape index (κ1) is 15.6. The van der Waals surface area contributed by atoms with E-state index in [1.165, 1.54) is 30.1 Å². The van der Waals surface area contributed by atoms with Gasteiger partial charge >= 0.3 is 0 Å². The Morgan fingerprint density at radius 2 is 2.21 bits per heavy atom. The Morgan fingerprint density at radius 3 is 2.95 bits per heavy atom. The van der Waals surface area contributed by atoms with Crippen molar-refractivity contribution < 1.29 is 0 Å². The largest absolute Gasteiger partial charge is 0.311 e. The van der Waals surface area contributed by atoms with Crippen LogP contribution in [0.2, 0.25) is 4.34 Å². The van der Waals surface area contributed by atoms with Crippen molar-refractivity contribution in [1.82, 2.24) is 10.2 Å². The first-order valence-electron chi connectivity index (χ1n) is 6.86. The van der Waals surface area contributed by atoms with Gasteiger partial charge in [-0.05, 0) is 25.1 Å². The summed E-state index contributed by atoms with van der Waals surface area (Å²) >= 11 is 9.69. The summed E-state index contributed by atoms with van der Waals surface area (Å²) in [6.45, 7) is 10.3. The minimum Gasteiger partial charge on any atom is -0.311 e. The van der Waals surface area contributed by atoms with E-state index in [2.05, 4.69) is 41.9 Å². The number of hydrogen-bond acceptors (Lipinski definition) is 4. The van der Waals surface area contributed by atoms with E-state index >= 15 is 0 Å². The molecule has 1 saturated heterocycles. The van der Waals surface area contributed by atoms with E-state index in [1.807, 2.05) is 6.07 Å². The van der Waals surface area contributed by atoms with Crippen LogP contribution in [-0.4, -0.2) is 41.6 Å². The first-order valence-corrected chi connectivity index (χ1v) is 9.04. The highest BCUT2D eigenvalue weighted by Crippen LogP contribution is 2.30. The van der Waals surface area contributed by atoms with Crippen molar-refractivity contribution in [3.8, 4) is 0 Å². The Kier molecular flexibility index (Phi) is 6.03. The van der Waals surface area contributed by atoms with E-state index in [0.717, 1.165) is 24.0 Å². The minimum atomic E-state index is 0.454. The molecular formula is C14H23ClN2S2. The van der Waals surface area contributed by atoms with Gasteiger partial charge in [0.25, 0.3) is 0 Å². The van der Waals surface area contributed by atoms with Gasteiger partial charge in [-0.3, -0.25) is 0 Å². The summed E-state index contributed by atoms with van der Waals surface area (Å²) in [4.78, 5) is 3.90. The molecule has 0 bridgehead atoms. The second kappa shape index (κ2) is 7.32. The monoisotopic (exact) mass is 318 g/mol. The first-order chi connectivity index (χ1) is 9.05. The summed E-state index contributed by atoms with van der Waals surface area (Å²) in [5.41, 5.74) is 0. The van der Waals surface area contributed by atoms with Crippen molar-refractivity contribution in [3.05, 3.63) is 21.3 Å². The molecule has 1 aromatic rings. The molecule has 1 aromatic heterocycles. The standard InChI is InChI=1S/C14H23ClN2S2/c1-14(2)5-7-17(9-10-18-14)8-6-16-11-12-3-4-13(15)19-12/h3-4,16H,5-11H2,1-2H3. The van der Waals surface area contributed by atoms with Crippen LogP contribution in [0.5, 0.6) is 0 Å². The van der Waals surface area contributed by atoms with Gasteiger partial charge in [-0.1, -0.05) is 25.4 Å². The smallest absolute Gasteiger partial charge is 0.0931 e. The summed E-state index contributed by atoms with van der Waals surface area (Å²) in [6.07, 6.45) is 1.29.